The van der Waals surface area contributed by atoms with Gasteiger partial charge in [0.2, 0.25) is 0 Å². The fourth-order valence-electron chi connectivity index (χ4n) is 2.88. The van der Waals surface area contributed by atoms with E-state index in [4.69, 9.17) is 0 Å². The normalized spacial score (nSPS) is 15.1. The Balaban J connectivity index is 1.70. The molecule has 2 aromatic heterocycles. The number of fused-ring (bicyclic) bond motifs is 1. The Hall–Kier alpha value is -2.37. The third kappa shape index (κ3) is 3.10. The minimum absolute atomic E-state index is 0.137. The Morgan fingerprint density at radius 3 is 2.95 bits per heavy atom. The number of rotatable bonds is 3. The molecule has 0 spiro atoms. The molecule has 0 unspecified atom stereocenters. The molecule has 0 saturated heterocycles. The van der Waals surface area contributed by atoms with Gasteiger partial charge in [-0.05, 0) is 31.4 Å². The molecule has 2 aromatic rings. The lowest BCUT2D eigenvalue weighted by Crippen LogP contribution is -2.40. The van der Waals surface area contributed by atoms with Gasteiger partial charge in [-0.3, -0.25) is 9.20 Å². The molecule has 0 atom stereocenters. The second-order valence-corrected chi connectivity index (χ2v) is 5.78. The monoisotopic (exact) mass is 300 g/mol. The van der Waals surface area contributed by atoms with Crippen molar-refractivity contribution in [3.8, 4) is 0 Å². The zero-order valence-electron chi connectivity index (χ0n) is 12.6. The van der Waals surface area contributed by atoms with E-state index in [0.717, 1.165) is 18.4 Å². The molecule has 2 amide bonds. The molecule has 3 rings (SSSR count). The van der Waals surface area contributed by atoms with E-state index in [9.17, 15) is 9.59 Å². The van der Waals surface area contributed by atoms with E-state index < -0.39 is 0 Å². The summed E-state index contributed by atoms with van der Waals surface area (Å²) in [4.78, 5) is 28.4. The van der Waals surface area contributed by atoms with Gasteiger partial charge < -0.3 is 10.6 Å². The smallest absolute Gasteiger partial charge is 0.315 e. The maximum absolute atomic E-state index is 12.1. The highest BCUT2D eigenvalue weighted by atomic mass is 16.2. The molecule has 0 bridgehead atoms. The molecule has 0 aliphatic heterocycles. The van der Waals surface area contributed by atoms with Crippen LogP contribution in [0.15, 0.2) is 29.2 Å². The second-order valence-electron chi connectivity index (χ2n) is 5.78. The number of nitrogens with zero attached hydrogens (tertiary/aromatic N) is 2. The number of pyridine rings is 1. The zero-order valence-corrected chi connectivity index (χ0v) is 12.6. The van der Waals surface area contributed by atoms with E-state index in [2.05, 4.69) is 15.6 Å². The molecule has 22 heavy (non-hydrogen) atoms. The fraction of sp³-hybridized carbons (Fsp3) is 0.438. The molecule has 6 nitrogen and oxygen atoms in total. The molecule has 6 heteroatoms. The van der Waals surface area contributed by atoms with Crippen molar-refractivity contribution >= 4 is 11.7 Å². The molecule has 0 radical (unpaired) electrons. The van der Waals surface area contributed by atoms with Crippen LogP contribution in [0, 0.1) is 6.92 Å². The van der Waals surface area contributed by atoms with Crippen LogP contribution in [0.25, 0.3) is 5.65 Å². The number of aromatic nitrogens is 2. The van der Waals surface area contributed by atoms with Gasteiger partial charge in [0.25, 0.3) is 5.56 Å². The van der Waals surface area contributed by atoms with E-state index in [1.54, 1.807) is 6.20 Å². The third-order valence-electron chi connectivity index (χ3n) is 4.06. The average molecular weight is 300 g/mol. The maximum Gasteiger partial charge on any atom is 0.315 e. The number of nitrogens with one attached hydrogen (secondary N) is 2. The maximum atomic E-state index is 12.1. The predicted octanol–water partition coefficient (Wildman–Crippen LogP) is 1.74. The molecule has 1 aliphatic carbocycles. The van der Waals surface area contributed by atoms with Gasteiger partial charge in [0.15, 0.2) is 0 Å². The number of aryl methyl sites for hydroxylation is 1. The van der Waals surface area contributed by atoms with Crippen LogP contribution in [0.3, 0.4) is 0 Å². The van der Waals surface area contributed by atoms with E-state index in [0.29, 0.717) is 11.3 Å². The Morgan fingerprint density at radius 2 is 2.18 bits per heavy atom. The number of carbonyl (C=O) groups is 1. The van der Waals surface area contributed by atoms with Gasteiger partial charge in [-0.1, -0.05) is 18.9 Å². The minimum atomic E-state index is -0.196. The van der Waals surface area contributed by atoms with E-state index >= 15 is 0 Å². The minimum Gasteiger partial charge on any atom is -0.335 e. The van der Waals surface area contributed by atoms with Gasteiger partial charge in [-0.15, -0.1) is 0 Å². The number of carbonyl (C=O) groups excluding carboxylic acids is 1. The average Bonchev–Trinajstić information content (AvgIpc) is 2.99. The summed E-state index contributed by atoms with van der Waals surface area (Å²) in [6.45, 7) is 2.16. The molecular weight excluding hydrogens is 280 g/mol. The largest absolute Gasteiger partial charge is 0.335 e. The van der Waals surface area contributed by atoms with Crippen molar-refractivity contribution in [2.75, 3.05) is 0 Å². The summed E-state index contributed by atoms with van der Waals surface area (Å²) in [5, 5.41) is 5.73. The third-order valence-corrected chi connectivity index (χ3v) is 4.06. The molecule has 1 fully saturated rings. The Bertz CT molecular complexity index is 747. The summed E-state index contributed by atoms with van der Waals surface area (Å²) in [6.07, 6.45) is 6.13. The van der Waals surface area contributed by atoms with Crippen LogP contribution < -0.4 is 16.2 Å². The summed E-state index contributed by atoms with van der Waals surface area (Å²) >= 11 is 0. The van der Waals surface area contributed by atoms with Crippen LogP contribution in [0.5, 0.6) is 0 Å². The van der Waals surface area contributed by atoms with Crippen molar-refractivity contribution in [1.29, 1.82) is 0 Å². The molecule has 2 N–H and O–H groups in total. The van der Waals surface area contributed by atoms with Crippen molar-refractivity contribution < 1.29 is 4.79 Å². The van der Waals surface area contributed by atoms with Crippen molar-refractivity contribution in [2.45, 2.75) is 45.2 Å². The van der Waals surface area contributed by atoms with Crippen LogP contribution in [0.4, 0.5) is 4.79 Å². The second kappa shape index (κ2) is 6.17. The first-order valence-electron chi connectivity index (χ1n) is 7.66. The molecule has 1 aliphatic rings. The number of amides is 2. The summed E-state index contributed by atoms with van der Waals surface area (Å²) in [5.41, 5.74) is 1.99. The molecule has 2 heterocycles. The Labute approximate surface area is 128 Å². The standard InChI is InChI=1S/C16H20N4O2/c1-11-5-4-8-20-14(21)9-13(18-15(11)20)10-17-16(22)19-12-6-2-3-7-12/h4-5,8-9,12H,2-3,6-7,10H2,1H3,(H2,17,19,22). The van der Waals surface area contributed by atoms with E-state index in [1.807, 2.05) is 19.1 Å². The summed E-state index contributed by atoms with van der Waals surface area (Å²) in [5.74, 6) is 0. The number of hydrogen-bond donors (Lipinski definition) is 2. The van der Waals surface area contributed by atoms with Gasteiger partial charge in [0.05, 0.1) is 12.2 Å². The first-order chi connectivity index (χ1) is 10.6. The number of urea groups is 1. The van der Waals surface area contributed by atoms with Crippen LogP contribution in [0.1, 0.15) is 36.9 Å². The van der Waals surface area contributed by atoms with E-state index in [1.165, 1.54) is 23.3 Å². The van der Waals surface area contributed by atoms with Gasteiger partial charge in [-0.25, -0.2) is 9.78 Å². The van der Waals surface area contributed by atoms with Crippen LogP contribution in [0.2, 0.25) is 0 Å². The molecule has 0 aromatic carbocycles. The van der Waals surface area contributed by atoms with Crippen molar-refractivity contribution in [3.05, 3.63) is 46.0 Å². The summed E-state index contributed by atoms with van der Waals surface area (Å²) in [6, 6.07) is 5.27. The molecular formula is C16H20N4O2. The van der Waals surface area contributed by atoms with Crippen LogP contribution in [-0.4, -0.2) is 21.5 Å². The first kappa shape index (κ1) is 14.6. The van der Waals surface area contributed by atoms with Gasteiger partial charge in [0.1, 0.15) is 5.65 Å². The van der Waals surface area contributed by atoms with E-state index in [-0.39, 0.29) is 24.2 Å². The zero-order chi connectivity index (χ0) is 15.5. The Morgan fingerprint density at radius 1 is 1.41 bits per heavy atom. The highest BCUT2D eigenvalue weighted by Gasteiger charge is 2.16. The van der Waals surface area contributed by atoms with Gasteiger partial charge >= 0.3 is 6.03 Å². The quantitative estimate of drug-likeness (QED) is 0.906. The lowest BCUT2D eigenvalue weighted by molar-refractivity contribution is 0.236. The van der Waals surface area contributed by atoms with Crippen molar-refractivity contribution in [3.63, 3.8) is 0 Å². The Kier molecular flexibility index (Phi) is 4.09. The SMILES string of the molecule is Cc1cccn2c(=O)cc(CNC(=O)NC3CCCC3)nc12. The highest BCUT2D eigenvalue weighted by molar-refractivity contribution is 5.74. The van der Waals surface area contributed by atoms with Gasteiger partial charge in [-0.2, -0.15) is 0 Å². The first-order valence-corrected chi connectivity index (χ1v) is 7.66. The summed E-state index contributed by atoms with van der Waals surface area (Å²) < 4.78 is 1.51. The van der Waals surface area contributed by atoms with Gasteiger partial charge in [0, 0.05) is 18.3 Å². The van der Waals surface area contributed by atoms with Crippen molar-refractivity contribution in [1.82, 2.24) is 20.0 Å². The molecule has 116 valence electrons. The molecule has 1 saturated carbocycles. The lowest BCUT2D eigenvalue weighted by Gasteiger charge is -2.13. The lowest BCUT2D eigenvalue weighted by atomic mass is 10.2. The van der Waals surface area contributed by atoms with Crippen LogP contribution >= 0.6 is 0 Å². The van der Waals surface area contributed by atoms with Crippen molar-refractivity contribution in [2.24, 2.45) is 0 Å². The highest BCUT2D eigenvalue weighted by Crippen LogP contribution is 2.17. The topological polar surface area (TPSA) is 75.5 Å². The fourth-order valence-corrected chi connectivity index (χ4v) is 2.88. The van der Waals surface area contributed by atoms with Crippen LogP contribution in [-0.2, 0) is 6.54 Å². The summed E-state index contributed by atoms with van der Waals surface area (Å²) in [7, 11) is 0. The number of hydrogen-bond acceptors (Lipinski definition) is 3. The predicted molar refractivity (Wildman–Crippen MR) is 83.8 cm³/mol.